The first-order valence-corrected chi connectivity index (χ1v) is 5.83. The number of carbonyl (C=O) groups is 1. The van der Waals surface area contributed by atoms with E-state index in [0.717, 1.165) is 44.6 Å². The van der Waals surface area contributed by atoms with Crippen molar-refractivity contribution in [1.29, 1.82) is 0 Å². The second-order valence-electron chi connectivity index (χ2n) is 4.13. The average molecular weight is 230 g/mol. The van der Waals surface area contributed by atoms with Gasteiger partial charge in [-0.05, 0) is 19.8 Å². The van der Waals surface area contributed by atoms with Crippen molar-refractivity contribution >= 4 is 5.97 Å². The predicted molar refractivity (Wildman–Crippen MR) is 62.3 cm³/mol. The molecule has 0 amide bonds. The first-order valence-electron chi connectivity index (χ1n) is 5.83. The molecule has 0 rings (SSSR count). The quantitative estimate of drug-likeness (QED) is 0.323. The lowest BCUT2D eigenvalue weighted by Crippen LogP contribution is -1.98. The summed E-state index contributed by atoms with van der Waals surface area (Å²) in [6.45, 7) is 1.79. The van der Waals surface area contributed by atoms with E-state index in [-0.39, 0.29) is 11.9 Å². The van der Waals surface area contributed by atoms with Crippen molar-refractivity contribution in [3.63, 3.8) is 0 Å². The molecular formula is C12H22O4. The Bertz CT molecular complexity index is 221. The number of aliphatic hydroxyl groups excluding tert-OH is 2. The summed E-state index contributed by atoms with van der Waals surface area (Å²) in [5.74, 6) is -1.16. The third-order valence-corrected chi connectivity index (χ3v) is 2.34. The number of carboxylic acid groups (broad SMARTS) is 1. The summed E-state index contributed by atoms with van der Waals surface area (Å²) in [6.07, 6.45) is 6.85. The van der Waals surface area contributed by atoms with Gasteiger partial charge in [0.05, 0.1) is 17.9 Å². The molecule has 0 bridgehead atoms. The van der Waals surface area contributed by atoms with E-state index in [4.69, 9.17) is 15.3 Å². The van der Waals surface area contributed by atoms with Crippen molar-refractivity contribution in [3.05, 3.63) is 11.8 Å². The Morgan fingerprint density at radius 1 is 1.12 bits per heavy atom. The van der Waals surface area contributed by atoms with Crippen molar-refractivity contribution in [2.45, 2.75) is 58.0 Å². The Hall–Kier alpha value is -1.03. The summed E-state index contributed by atoms with van der Waals surface area (Å²) in [5, 5.41) is 26.5. The average Bonchev–Trinajstić information content (AvgIpc) is 2.14. The van der Waals surface area contributed by atoms with Crippen LogP contribution in [0, 0.1) is 0 Å². The molecule has 0 saturated heterocycles. The summed E-state index contributed by atoms with van der Waals surface area (Å²) >= 11 is 0. The van der Waals surface area contributed by atoms with E-state index in [1.807, 2.05) is 0 Å². The topological polar surface area (TPSA) is 77.8 Å². The number of allylic oxidation sites excluding steroid dienone is 1. The van der Waals surface area contributed by atoms with E-state index < -0.39 is 5.97 Å². The third-order valence-electron chi connectivity index (χ3n) is 2.34. The van der Waals surface area contributed by atoms with E-state index in [2.05, 4.69) is 0 Å². The van der Waals surface area contributed by atoms with Gasteiger partial charge in [-0.3, -0.25) is 0 Å². The maximum atomic E-state index is 10.2. The van der Waals surface area contributed by atoms with Crippen molar-refractivity contribution in [2.75, 3.05) is 0 Å². The highest BCUT2D eigenvalue weighted by molar-refractivity contribution is 5.80. The Morgan fingerprint density at radius 2 is 1.69 bits per heavy atom. The maximum Gasteiger partial charge on any atom is 0.331 e. The van der Waals surface area contributed by atoms with Crippen LogP contribution in [0.3, 0.4) is 0 Å². The molecule has 0 aromatic carbocycles. The summed E-state index contributed by atoms with van der Waals surface area (Å²) in [7, 11) is 0. The Morgan fingerprint density at radius 3 is 2.25 bits per heavy atom. The fraction of sp³-hybridized carbons (Fsp3) is 0.750. The van der Waals surface area contributed by atoms with Crippen LogP contribution in [0.25, 0.3) is 0 Å². The highest BCUT2D eigenvalue weighted by Crippen LogP contribution is 2.11. The number of aliphatic hydroxyl groups is 2. The van der Waals surface area contributed by atoms with E-state index >= 15 is 0 Å². The largest absolute Gasteiger partial charge is 0.512 e. The van der Waals surface area contributed by atoms with Crippen LogP contribution in [0.5, 0.6) is 0 Å². The van der Waals surface area contributed by atoms with Gasteiger partial charge >= 0.3 is 5.97 Å². The molecule has 4 heteroatoms. The number of aliphatic carboxylic acids is 1. The van der Waals surface area contributed by atoms with Gasteiger partial charge in [-0.1, -0.05) is 25.7 Å². The zero-order chi connectivity index (χ0) is 12.4. The van der Waals surface area contributed by atoms with Gasteiger partial charge in [-0.15, -0.1) is 0 Å². The fourth-order valence-corrected chi connectivity index (χ4v) is 1.49. The molecule has 1 atom stereocenters. The minimum Gasteiger partial charge on any atom is -0.512 e. The van der Waals surface area contributed by atoms with Gasteiger partial charge in [0.15, 0.2) is 0 Å². The lowest BCUT2D eigenvalue weighted by molar-refractivity contribution is -0.131. The molecule has 0 aromatic rings. The SMILES string of the molecule is CC(O)CCCCCCCC(O)=CC(=O)O. The smallest absolute Gasteiger partial charge is 0.331 e. The number of unbranched alkanes of at least 4 members (excludes halogenated alkanes) is 4. The van der Waals surface area contributed by atoms with Gasteiger partial charge < -0.3 is 15.3 Å². The van der Waals surface area contributed by atoms with Crippen LogP contribution in [0.4, 0.5) is 0 Å². The monoisotopic (exact) mass is 230 g/mol. The number of hydrogen-bond acceptors (Lipinski definition) is 3. The van der Waals surface area contributed by atoms with Crippen molar-refractivity contribution in [3.8, 4) is 0 Å². The van der Waals surface area contributed by atoms with Crippen molar-refractivity contribution in [1.82, 2.24) is 0 Å². The summed E-state index contributed by atoms with van der Waals surface area (Å²) in [6, 6.07) is 0. The van der Waals surface area contributed by atoms with E-state index in [9.17, 15) is 4.79 Å². The molecule has 0 fully saturated rings. The fourth-order valence-electron chi connectivity index (χ4n) is 1.49. The summed E-state index contributed by atoms with van der Waals surface area (Å²) in [5.41, 5.74) is 0. The molecule has 94 valence electrons. The number of rotatable bonds is 9. The highest BCUT2D eigenvalue weighted by atomic mass is 16.4. The zero-order valence-electron chi connectivity index (χ0n) is 9.85. The van der Waals surface area contributed by atoms with E-state index in [1.54, 1.807) is 6.92 Å². The van der Waals surface area contributed by atoms with Crippen molar-refractivity contribution in [2.24, 2.45) is 0 Å². The number of carboxylic acids is 1. The molecule has 4 nitrogen and oxygen atoms in total. The Balaban J connectivity index is 3.30. The first kappa shape index (κ1) is 15.0. The molecule has 0 aliphatic rings. The molecule has 0 aromatic heterocycles. The molecule has 0 aliphatic carbocycles. The van der Waals surface area contributed by atoms with Gasteiger partial charge in [-0.2, -0.15) is 0 Å². The molecule has 16 heavy (non-hydrogen) atoms. The number of hydrogen-bond donors (Lipinski definition) is 3. The summed E-state index contributed by atoms with van der Waals surface area (Å²) in [4.78, 5) is 10.2. The van der Waals surface area contributed by atoms with Crippen LogP contribution in [-0.4, -0.2) is 27.4 Å². The van der Waals surface area contributed by atoms with E-state index in [1.165, 1.54) is 0 Å². The predicted octanol–water partition coefficient (Wildman–Crippen LogP) is 2.62. The van der Waals surface area contributed by atoms with Gasteiger partial charge in [0.25, 0.3) is 0 Å². The van der Waals surface area contributed by atoms with Gasteiger partial charge in [-0.25, -0.2) is 4.79 Å². The van der Waals surface area contributed by atoms with Crippen LogP contribution in [0.1, 0.15) is 51.9 Å². The molecular weight excluding hydrogens is 208 g/mol. The second-order valence-corrected chi connectivity index (χ2v) is 4.13. The minimum atomic E-state index is -1.10. The normalized spacial score (nSPS) is 13.8. The molecule has 1 unspecified atom stereocenters. The van der Waals surface area contributed by atoms with Gasteiger partial charge in [0.1, 0.15) is 0 Å². The molecule has 0 radical (unpaired) electrons. The van der Waals surface area contributed by atoms with Gasteiger partial charge in [0, 0.05) is 6.42 Å². The van der Waals surface area contributed by atoms with Crippen LogP contribution in [0.15, 0.2) is 11.8 Å². The van der Waals surface area contributed by atoms with Crippen molar-refractivity contribution < 1.29 is 20.1 Å². The van der Waals surface area contributed by atoms with Crippen LogP contribution in [0.2, 0.25) is 0 Å². The molecule has 0 saturated carbocycles. The molecule has 0 heterocycles. The molecule has 0 aliphatic heterocycles. The first-order chi connectivity index (χ1) is 7.52. The third kappa shape index (κ3) is 11.0. The maximum absolute atomic E-state index is 10.2. The van der Waals surface area contributed by atoms with E-state index in [0.29, 0.717) is 6.42 Å². The zero-order valence-corrected chi connectivity index (χ0v) is 9.85. The Labute approximate surface area is 96.6 Å². The standard InChI is InChI=1S/C12H22O4/c1-10(13)7-5-3-2-4-6-8-11(14)9-12(15)16/h9-10,13-14H,2-8H2,1H3,(H,15,16). The molecule has 0 spiro atoms. The highest BCUT2D eigenvalue weighted by Gasteiger charge is 1.99. The lowest BCUT2D eigenvalue weighted by Gasteiger charge is -2.03. The molecule has 3 N–H and O–H groups in total. The van der Waals surface area contributed by atoms with Gasteiger partial charge in [0.2, 0.25) is 0 Å². The Kier molecular flexibility index (Phi) is 8.62. The van der Waals surface area contributed by atoms with Crippen LogP contribution >= 0.6 is 0 Å². The summed E-state index contributed by atoms with van der Waals surface area (Å²) < 4.78 is 0. The second kappa shape index (κ2) is 9.21. The lowest BCUT2D eigenvalue weighted by atomic mass is 10.1. The van der Waals surface area contributed by atoms with Crippen LogP contribution < -0.4 is 0 Å². The minimum absolute atomic E-state index is 0.0588. The van der Waals surface area contributed by atoms with Crippen LogP contribution in [-0.2, 0) is 4.79 Å².